The standard InChI is InChI=1S/C16H18FN5O2S/c17-12-7-5-11(6-8-12)15(24)20-19-14(23)10-25-16-21-18-13-4-2-1-3-9-22(13)16/h5-8H,1-4,9-10H2,(H,19,23)(H,20,24). The minimum absolute atomic E-state index is 0.113. The van der Waals surface area contributed by atoms with Crippen LogP contribution in [0.1, 0.15) is 35.4 Å². The topological polar surface area (TPSA) is 88.9 Å². The predicted molar refractivity (Wildman–Crippen MR) is 90.3 cm³/mol. The van der Waals surface area contributed by atoms with E-state index < -0.39 is 11.7 Å². The van der Waals surface area contributed by atoms with Gasteiger partial charge in [-0.2, -0.15) is 0 Å². The number of nitrogens with one attached hydrogen (secondary N) is 2. The van der Waals surface area contributed by atoms with E-state index in [1.807, 2.05) is 0 Å². The lowest BCUT2D eigenvalue weighted by molar-refractivity contribution is -0.119. The third kappa shape index (κ3) is 4.56. The van der Waals surface area contributed by atoms with Crippen LogP contribution in [-0.4, -0.2) is 32.3 Å². The van der Waals surface area contributed by atoms with Crippen LogP contribution in [0, 0.1) is 5.82 Å². The van der Waals surface area contributed by atoms with Crippen LogP contribution in [0.3, 0.4) is 0 Å². The smallest absolute Gasteiger partial charge is 0.269 e. The number of rotatable bonds is 4. The molecule has 0 spiro atoms. The normalized spacial score (nSPS) is 13.6. The number of benzene rings is 1. The number of aromatic nitrogens is 3. The summed E-state index contributed by atoms with van der Waals surface area (Å²) in [5, 5.41) is 9.03. The van der Waals surface area contributed by atoms with Crippen LogP contribution < -0.4 is 10.9 Å². The number of carbonyl (C=O) groups excluding carboxylic acids is 2. The lowest BCUT2D eigenvalue weighted by Crippen LogP contribution is -2.42. The highest BCUT2D eigenvalue weighted by molar-refractivity contribution is 7.99. The first-order valence-corrected chi connectivity index (χ1v) is 9.01. The third-order valence-electron chi connectivity index (χ3n) is 3.83. The highest BCUT2D eigenvalue weighted by Crippen LogP contribution is 2.21. The van der Waals surface area contributed by atoms with Crippen molar-refractivity contribution in [1.82, 2.24) is 25.6 Å². The van der Waals surface area contributed by atoms with E-state index >= 15 is 0 Å². The van der Waals surface area contributed by atoms with Crippen LogP contribution in [0.25, 0.3) is 0 Å². The molecule has 3 rings (SSSR count). The molecule has 7 nitrogen and oxygen atoms in total. The Morgan fingerprint density at radius 3 is 2.72 bits per heavy atom. The summed E-state index contributed by atoms with van der Waals surface area (Å²) in [7, 11) is 0. The molecule has 132 valence electrons. The van der Waals surface area contributed by atoms with Gasteiger partial charge in [0.2, 0.25) is 5.91 Å². The van der Waals surface area contributed by atoms with Gasteiger partial charge in [0.25, 0.3) is 5.91 Å². The molecule has 0 bridgehead atoms. The number of aryl methyl sites for hydroxylation is 1. The maximum atomic E-state index is 12.8. The Kier molecular flexibility index (Phi) is 5.64. The van der Waals surface area contributed by atoms with Gasteiger partial charge in [-0.1, -0.05) is 18.2 Å². The zero-order chi connectivity index (χ0) is 17.6. The summed E-state index contributed by atoms with van der Waals surface area (Å²) in [6.45, 7) is 0.869. The van der Waals surface area contributed by atoms with Crippen molar-refractivity contribution in [2.45, 2.75) is 37.4 Å². The van der Waals surface area contributed by atoms with E-state index in [-0.39, 0.29) is 17.2 Å². The van der Waals surface area contributed by atoms with Gasteiger partial charge in [-0.25, -0.2) is 4.39 Å². The minimum atomic E-state index is -0.505. The van der Waals surface area contributed by atoms with Crippen molar-refractivity contribution in [3.8, 4) is 0 Å². The highest BCUT2D eigenvalue weighted by Gasteiger charge is 2.16. The van der Waals surface area contributed by atoms with Crippen molar-refractivity contribution in [2.75, 3.05) is 5.75 Å². The van der Waals surface area contributed by atoms with Crippen molar-refractivity contribution in [1.29, 1.82) is 0 Å². The molecular formula is C16H18FN5O2S. The molecule has 0 atom stereocenters. The number of hydrogen-bond donors (Lipinski definition) is 2. The molecule has 2 amide bonds. The molecule has 0 saturated carbocycles. The van der Waals surface area contributed by atoms with Gasteiger partial charge in [0.1, 0.15) is 11.6 Å². The van der Waals surface area contributed by atoms with Crippen molar-refractivity contribution in [3.63, 3.8) is 0 Å². The molecule has 0 aliphatic carbocycles. The number of halogens is 1. The molecule has 1 aromatic heterocycles. The number of hydrazine groups is 1. The zero-order valence-electron chi connectivity index (χ0n) is 13.5. The summed E-state index contributed by atoms with van der Waals surface area (Å²) < 4.78 is 14.9. The summed E-state index contributed by atoms with van der Waals surface area (Å²) in [6, 6.07) is 5.06. The summed E-state index contributed by atoms with van der Waals surface area (Å²) >= 11 is 1.28. The van der Waals surface area contributed by atoms with Gasteiger partial charge in [0.15, 0.2) is 5.16 Å². The first kappa shape index (κ1) is 17.4. The average Bonchev–Trinajstić information content (AvgIpc) is 2.85. The average molecular weight is 363 g/mol. The molecule has 1 aromatic carbocycles. The SMILES string of the molecule is O=C(CSc1nnc2n1CCCCC2)NNC(=O)c1ccc(F)cc1. The predicted octanol–water partition coefficient (Wildman–Crippen LogP) is 1.70. The Balaban J connectivity index is 1.48. The molecule has 2 heterocycles. The monoisotopic (exact) mass is 363 g/mol. The molecule has 0 saturated heterocycles. The summed E-state index contributed by atoms with van der Waals surface area (Å²) in [5.74, 6) is -0.211. The van der Waals surface area contributed by atoms with Gasteiger partial charge in [-0.15, -0.1) is 10.2 Å². The van der Waals surface area contributed by atoms with E-state index in [1.165, 1.54) is 42.4 Å². The summed E-state index contributed by atoms with van der Waals surface area (Å²) in [4.78, 5) is 23.7. The van der Waals surface area contributed by atoms with Crippen molar-refractivity contribution in [2.24, 2.45) is 0 Å². The Hall–Kier alpha value is -2.42. The molecule has 0 fully saturated rings. The van der Waals surface area contributed by atoms with Crippen molar-refractivity contribution >= 4 is 23.6 Å². The van der Waals surface area contributed by atoms with Gasteiger partial charge >= 0.3 is 0 Å². The summed E-state index contributed by atoms with van der Waals surface area (Å²) in [6.07, 6.45) is 4.27. The van der Waals surface area contributed by atoms with Crippen LogP contribution in [0.2, 0.25) is 0 Å². The maximum absolute atomic E-state index is 12.8. The maximum Gasteiger partial charge on any atom is 0.269 e. The molecule has 1 aliphatic rings. The largest absolute Gasteiger partial charge is 0.306 e. The number of hydrogen-bond acceptors (Lipinski definition) is 5. The minimum Gasteiger partial charge on any atom is -0.306 e. The fourth-order valence-corrected chi connectivity index (χ4v) is 3.31. The third-order valence-corrected chi connectivity index (χ3v) is 4.80. The first-order chi connectivity index (χ1) is 12.1. The Labute approximate surface area is 148 Å². The van der Waals surface area contributed by atoms with Crippen molar-refractivity contribution in [3.05, 3.63) is 41.5 Å². The molecule has 25 heavy (non-hydrogen) atoms. The van der Waals surface area contributed by atoms with Crippen LogP contribution in [-0.2, 0) is 17.8 Å². The molecule has 1 aliphatic heterocycles. The van der Waals surface area contributed by atoms with E-state index in [1.54, 1.807) is 0 Å². The van der Waals surface area contributed by atoms with E-state index in [0.29, 0.717) is 0 Å². The highest BCUT2D eigenvalue weighted by atomic mass is 32.2. The number of fused-ring (bicyclic) bond motifs is 1. The van der Waals surface area contributed by atoms with Crippen molar-refractivity contribution < 1.29 is 14.0 Å². The summed E-state index contributed by atoms with van der Waals surface area (Å²) in [5.41, 5.74) is 4.90. The molecule has 0 radical (unpaired) electrons. The lowest BCUT2D eigenvalue weighted by atomic mass is 10.2. The van der Waals surface area contributed by atoms with E-state index in [9.17, 15) is 14.0 Å². The van der Waals surface area contributed by atoms with Gasteiger partial charge in [0.05, 0.1) is 5.75 Å². The molecular weight excluding hydrogens is 345 g/mol. The number of nitrogens with zero attached hydrogens (tertiary/aromatic N) is 3. The van der Waals surface area contributed by atoms with E-state index in [0.717, 1.165) is 36.8 Å². The molecule has 2 aromatic rings. The van der Waals surface area contributed by atoms with Crippen LogP contribution >= 0.6 is 11.8 Å². The fourth-order valence-electron chi connectivity index (χ4n) is 2.53. The van der Waals surface area contributed by atoms with Crippen LogP contribution in [0.15, 0.2) is 29.4 Å². The Morgan fingerprint density at radius 2 is 1.92 bits per heavy atom. The van der Waals surface area contributed by atoms with Crippen LogP contribution in [0.5, 0.6) is 0 Å². The Morgan fingerprint density at radius 1 is 1.12 bits per heavy atom. The molecule has 9 heteroatoms. The van der Waals surface area contributed by atoms with E-state index in [4.69, 9.17) is 0 Å². The number of thioether (sulfide) groups is 1. The van der Waals surface area contributed by atoms with Gasteiger partial charge in [-0.05, 0) is 37.1 Å². The van der Waals surface area contributed by atoms with Gasteiger partial charge < -0.3 is 4.57 Å². The second kappa shape index (κ2) is 8.11. The first-order valence-electron chi connectivity index (χ1n) is 8.03. The van der Waals surface area contributed by atoms with E-state index in [2.05, 4.69) is 25.6 Å². The quantitative estimate of drug-likeness (QED) is 0.638. The lowest BCUT2D eigenvalue weighted by Gasteiger charge is -2.08. The number of carbonyl (C=O) groups is 2. The molecule has 2 N–H and O–H groups in total. The zero-order valence-corrected chi connectivity index (χ0v) is 14.3. The van der Waals surface area contributed by atoms with Gasteiger partial charge in [-0.3, -0.25) is 20.4 Å². The fraction of sp³-hybridized carbons (Fsp3) is 0.375. The van der Waals surface area contributed by atoms with Crippen LogP contribution in [0.4, 0.5) is 4.39 Å². The Bertz CT molecular complexity index is 762. The van der Waals surface area contributed by atoms with Gasteiger partial charge in [0, 0.05) is 18.5 Å². The molecule has 0 unspecified atom stereocenters. The second-order valence-electron chi connectivity index (χ2n) is 5.66. The second-order valence-corrected chi connectivity index (χ2v) is 6.60. The number of amides is 2.